The summed E-state index contributed by atoms with van der Waals surface area (Å²) in [4.78, 5) is 25.5. The third-order valence-corrected chi connectivity index (χ3v) is 8.96. The number of amides is 1. The standard InChI is InChI=1S/C28H26F4N2O5S/c1-34(40(38,39)20-6-3-2-4-7-20)19-13-10-17(11-14-19)21-8-5-9-22(25(21)27(36)37)26(35)33-24-15-12-18(16-23(24)29)28(30,31)32/h2-4,6-7,10-16,21-22,25H,5,8-9H2,1H3,(H,33,35)(H,36,37)/t21-,22-,25-/m1/s1. The lowest BCUT2D eigenvalue weighted by molar-refractivity contribution is -0.148. The van der Waals surface area contributed by atoms with Gasteiger partial charge < -0.3 is 10.4 Å². The molecule has 0 spiro atoms. The van der Waals surface area contributed by atoms with E-state index in [2.05, 4.69) is 5.32 Å². The molecule has 0 heterocycles. The van der Waals surface area contributed by atoms with Crippen molar-refractivity contribution in [1.82, 2.24) is 0 Å². The van der Waals surface area contributed by atoms with E-state index in [9.17, 15) is 40.7 Å². The number of carboxylic acids is 1. The smallest absolute Gasteiger partial charge is 0.416 e. The first kappa shape index (κ1) is 29.1. The molecular weight excluding hydrogens is 552 g/mol. The topological polar surface area (TPSA) is 104 Å². The minimum atomic E-state index is -4.76. The molecule has 2 N–H and O–H groups in total. The molecule has 1 amide bonds. The number of sulfonamides is 1. The normalized spacial score (nSPS) is 19.6. The van der Waals surface area contributed by atoms with Gasteiger partial charge in [0.2, 0.25) is 5.91 Å². The third-order valence-electron chi connectivity index (χ3n) is 7.16. The second-order valence-corrected chi connectivity index (χ2v) is 11.5. The van der Waals surface area contributed by atoms with Gasteiger partial charge in [-0.3, -0.25) is 13.9 Å². The van der Waals surface area contributed by atoms with Crippen molar-refractivity contribution in [3.63, 3.8) is 0 Å². The Labute approximate surface area is 228 Å². The number of benzene rings is 3. The lowest BCUT2D eigenvalue weighted by Gasteiger charge is -2.35. The summed E-state index contributed by atoms with van der Waals surface area (Å²) in [7, 11) is -2.42. The van der Waals surface area contributed by atoms with Crippen molar-refractivity contribution in [2.45, 2.75) is 36.3 Å². The van der Waals surface area contributed by atoms with E-state index >= 15 is 0 Å². The van der Waals surface area contributed by atoms with Gasteiger partial charge in [0.25, 0.3) is 10.0 Å². The molecule has 12 heteroatoms. The van der Waals surface area contributed by atoms with Crippen molar-refractivity contribution in [2.75, 3.05) is 16.7 Å². The maximum atomic E-state index is 14.3. The van der Waals surface area contributed by atoms with Crippen molar-refractivity contribution in [3.05, 3.63) is 89.7 Å². The lowest BCUT2D eigenvalue weighted by atomic mass is 9.69. The molecule has 0 aliphatic heterocycles. The number of halogens is 4. The molecule has 212 valence electrons. The van der Waals surface area contributed by atoms with Crippen LogP contribution >= 0.6 is 0 Å². The zero-order valence-electron chi connectivity index (χ0n) is 21.2. The minimum Gasteiger partial charge on any atom is -0.481 e. The molecule has 40 heavy (non-hydrogen) atoms. The minimum absolute atomic E-state index is 0.109. The molecular formula is C28H26F4N2O5S. The summed E-state index contributed by atoms with van der Waals surface area (Å²) in [5, 5.41) is 12.3. The van der Waals surface area contributed by atoms with Crippen LogP contribution in [0.3, 0.4) is 0 Å². The fraction of sp³-hybridized carbons (Fsp3) is 0.286. The second-order valence-electron chi connectivity index (χ2n) is 9.57. The van der Waals surface area contributed by atoms with Gasteiger partial charge in [-0.15, -0.1) is 0 Å². The first-order valence-electron chi connectivity index (χ1n) is 12.3. The Hall–Kier alpha value is -3.93. The SMILES string of the molecule is CN(c1ccc([C@H]2CCC[C@@H](C(=O)Nc3ccc(C(F)(F)F)cc3F)[C@@H]2C(=O)O)cc1)S(=O)(=O)c1ccccc1. The number of carbonyl (C=O) groups is 2. The van der Waals surface area contributed by atoms with Crippen LogP contribution in [0.1, 0.15) is 36.3 Å². The zero-order valence-corrected chi connectivity index (χ0v) is 22.0. The molecule has 3 aromatic rings. The van der Waals surface area contributed by atoms with Crippen LogP contribution in [0.4, 0.5) is 28.9 Å². The molecule has 3 atom stereocenters. The number of aliphatic carboxylic acids is 1. The third kappa shape index (κ3) is 5.96. The van der Waals surface area contributed by atoms with Crippen LogP contribution in [-0.2, 0) is 25.8 Å². The van der Waals surface area contributed by atoms with Gasteiger partial charge in [-0.1, -0.05) is 36.8 Å². The zero-order chi connectivity index (χ0) is 29.2. The van der Waals surface area contributed by atoms with E-state index in [1.54, 1.807) is 42.5 Å². The number of nitrogens with one attached hydrogen (secondary N) is 1. The van der Waals surface area contributed by atoms with Gasteiger partial charge in [-0.25, -0.2) is 12.8 Å². The molecule has 1 aliphatic carbocycles. The van der Waals surface area contributed by atoms with E-state index < -0.39 is 62.9 Å². The second kappa shape index (κ2) is 11.3. The number of hydrogen-bond acceptors (Lipinski definition) is 4. The van der Waals surface area contributed by atoms with Crippen LogP contribution in [0, 0.1) is 17.7 Å². The van der Waals surface area contributed by atoms with E-state index in [0.717, 1.165) is 10.4 Å². The van der Waals surface area contributed by atoms with Gasteiger partial charge in [0.1, 0.15) is 5.82 Å². The monoisotopic (exact) mass is 578 g/mol. The molecule has 0 aromatic heterocycles. The number of alkyl halides is 3. The maximum Gasteiger partial charge on any atom is 0.416 e. The summed E-state index contributed by atoms with van der Waals surface area (Å²) in [6, 6.07) is 15.9. The van der Waals surface area contributed by atoms with Crippen LogP contribution < -0.4 is 9.62 Å². The van der Waals surface area contributed by atoms with Crippen molar-refractivity contribution in [3.8, 4) is 0 Å². The molecule has 0 radical (unpaired) electrons. The number of carbonyl (C=O) groups excluding carboxylic acids is 1. The quantitative estimate of drug-likeness (QED) is 0.340. The van der Waals surface area contributed by atoms with E-state index in [1.807, 2.05) is 0 Å². The molecule has 1 aliphatic rings. The average molecular weight is 579 g/mol. The maximum absolute atomic E-state index is 14.3. The molecule has 0 saturated heterocycles. The van der Waals surface area contributed by atoms with Crippen molar-refractivity contribution < 1.29 is 40.7 Å². The fourth-order valence-electron chi connectivity index (χ4n) is 5.05. The number of anilines is 2. The van der Waals surface area contributed by atoms with Gasteiger partial charge in [0.05, 0.1) is 33.7 Å². The van der Waals surface area contributed by atoms with Crippen molar-refractivity contribution in [1.29, 1.82) is 0 Å². The fourth-order valence-corrected chi connectivity index (χ4v) is 6.27. The van der Waals surface area contributed by atoms with Gasteiger partial charge >= 0.3 is 12.1 Å². The predicted octanol–water partition coefficient (Wildman–Crippen LogP) is 5.89. The lowest BCUT2D eigenvalue weighted by Crippen LogP contribution is -2.40. The average Bonchev–Trinajstić information content (AvgIpc) is 2.93. The molecule has 0 unspecified atom stereocenters. The molecule has 1 fully saturated rings. The van der Waals surface area contributed by atoms with Crippen LogP contribution in [0.2, 0.25) is 0 Å². The van der Waals surface area contributed by atoms with E-state index in [1.165, 1.54) is 19.2 Å². The van der Waals surface area contributed by atoms with Crippen LogP contribution in [0.15, 0.2) is 77.7 Å². The highest BCUT2D eigenvalue weighted by molar-refractivity contribution is 7.92. The molecule has 7 nitrogen and oxygen atoms in total. The largest absolute Gasteiger partial charge is 0.481 e. The Morgan fingerprint density at radius 3 is 2.20 bits per heavy atom. The van der Waals surface area contributed by atoms with E-state index in [4.69, 9.17) is 0 Å². The van der Waals surface area contributed by atoms with Gasteiger partial charge in [0, 0.05) is 7.05 Å². The Morgan fingerprint density at radius 1 is 0.975 bits per heavy atom. The number of nitrogens with zero attached hydrogens (tertiary/aromatic N) is 1. The van der Waals surface area contributed by atoms with Crippen molar-refractivity contribution in [2.24, 2.45) is 11.8 Å². The Balaban J connectivity index is 1.54. The molecule has 1 saturated carbocycles. The summed E-state index contributed by atoms with van der Waals surface area (Å²) >= 11 is 0. The van der Waals surface area contributed by atoms with Crippen LogP contribution in [-0.4, -0.2) is 32.4 Å². The molecule has 4 rings (SSSR count). The van der Waals surface area contributed by atoms with Crippen molar-refractivity contribution >= 4 is 33.3 Å². The predicted molar refractivity (Wildman–Crippen MR) is 140 cm³/mol. The summed E-state index contributed by atoms with van der Waals surface area (Å²) < 4.78 is 79.9. The number of hydrogen-bond donors (Lipinski definition) is 2. The summed E-state index contributed by atoms with van der Waals surface area (Å²) in [6.45, 7) is 0. The van der Waals surface area contributed by atoms with Crippen LogP contribution in [0.5, 0.6) is 0 Å². The first-order valence-corrected chi connectivity index (χ1v) is 13.8. The van der Waals surface area contributed by atoms with Gasteiger partial charge in [0.15, 0.2) is 0 Å². The first-order chi connectivity index (χ1) is 18.8. The summed E-state index contributed by atoms with van der Waals surface area (Å²) in [5.41, 5.74) is -0.756. The Morgan fingerprint density at radius 2 is 1.62 bits per heavy atom. The van der Waals surface area contributed by atoms with Gasteiger partial charge in [-0.05, 0) is 66.8 Å². The van der Waals surface area contributed by atoms with Gasteiger partial charge in [-0.2, -0.15) is 13.2 Å². The van der Waals surface area contributed by atoms with E-state index in [0.29, 0.717) is 30.2 Å². The highest BCUT2D eigenvalue weighted by Crippen LogP contribution is 2.43. The molecule has 3 aromatic carbocycles. The summed E-state index contributed by atoms with van der Waals surface area (Å²) in [6.07, 6.45) is -3.65. The Kier molecular flexibility index (Phi) is 8.20. The highest BCUT2D eigenvalue weighted by atomic mass is 32.2. The number of carboxylic acid groups (broad SMARTS) is 1. The van der Waals surface area contributed by atoms with E-state index in [-0.39, 0.29) is 17.4 Å². The van der Waals surface area contributed by atoms with Crippen LogP contribution in [0.25, 0.3) is 0 Å². The Bertz CT molecular complexity index is 1500. The molecule has 0 bridgehead atoms. The summed E-state index contributed by atoms with van der Waals surface area (Å²) in [5.74, 6) is -6.20. The highest BCUT2D eigenvalue weighted by Gasteiger charge is 2.43. The number of rotatable bonds is 7.